The Morgan fingerprint density at radius 2 is 2.42 bits per heavy atom. The van der Waals surface area contributed by atoms with Crippen molar-refractivity contribution in [2.45, 2.75) is 26.5 Å². The summed E-state index contributed by atoms with van der Waals surface area (Å²) in [6.07, 6.45) is 4.88. The van der Waals surface area contributed by atoms with Crippen molar-refractivity contribution in [1.29, 1.82) is 0 Å². The van der Waals surface area contributed by atoms with E-state index >= 15 is 0 Å². The van der Waals surface area contributed by atoms with Gasteiger partial charge in [0.2, 0.25) is 0 Å². The Morgan fingerprint density at radius 3 is 2.92 bits per heavy atom. The minimum absolute atomic E-state index is 0.0546. The molecular formula is C8H12N2O2. The van der Waals surface area contributed by atoms with Crippen LogP contribution in [0, 0.1) is 0 Å². The SMILES string of the molecule is CC(C)OC(=O)Cn1ccnc1. The largest absolute Gasteiger partial charge is 0.462 e. The van der Waals surface area contributed by atoms with E-state index in [2.05, 4.69) is 4.98 Å². The lowest BCUT2D eigenvalue weighted by Gasteiger charge is -2.07. The second-order valence-electron chi connectivity index (χ2n) is 2.77. The molecule has 0 saturated carbocycles. The number of hydrogen-bond donors (Lipinski definition) is 0. The molecular weight excluding hydrogens is 156 g/mol. The van der Waals surface area contributed by atoms with Crippen molar-refractivity contribution >= 4 is 5.97 Å². The van der Waals surface area contributed by atoms with E-state index in [1.807, 2.05) is 13.8 Å². The molecule has 0 unspecified atom stereocenters. The van der Waals surface area contributed by atoms with Crippen LogP contribution in [-0.4, -0.2) is 21.6 Å². The van der Waals surface area contributed by atoms with Crippen molar-refractivity contribution < 1.29 is 9.53 Å². The third kappa shape index (κ3) is 2.74. The molecule has 0 atom stereocenters. The summed E-state index contributed by atoms with van der Waals surface area (Å²) in [5.74, 6) is -0.233. The second-order valence-corrected chi connectivity index (χ2v) is 2.77. The Balaban J connectivity index is 2.37. The third-order valence-corrected chi connectivity index (χ3v) is 1.24. The highest BCUT2D eigenvalue weighted by molar-refractivity contribution is 5.69. The van der Waals surface area contributed by atoms with Gasteiger partial charge in [0.25, 0.3) is 0 Å². The van der Waals surface area contributed by atoms with E-state index in [1.54, 1.807) is 23.3 Å². The summed E-state index contributed by atoms with van der Waals surface area (Å²) in [7, 11) is 0. The maximum Gasteiger partial charge on any atom is 0.326 e. The van der Waals surface area contributed by atoms with Gasteiger partial charge in [-0.15, -0.1) is 0 Å². The van der Waals surface area contributed by atoms with Gasteiger partial charge in [-0.3, -0.25) is 4.79 Å². The zero-order valence-electron chi connectivity index (χ0n) is 7.23. The molecule has 0 aromatic carbocycles. The van der Waals surface area contributed by atoms with Crippen LogP contribution in [0.3, 0.4) is 0 Å². The number of carbonyl (C=O) groups excluding carboxylic acids is 1. The van der Waals surface area contributed by atoms with Crippen LogP contribution in [0.2, 0.25) is 0 Å². The predicted octanol–water partition coefficient (Wildman–Crippen LogP) is 0.835. The summed E-state index contributed by atoms with van der Waals surface area (Å²) >= 11 is 0. The van der Waals surface area contributed by atoms with Gasteiger partial charge in [-0.2, -0.15) is 0 Å². The predicted molar refractivity (Wildman–Crippen MR) is 43.5 cm³/mol. The highest BCUT2D eigenvalue weighted by Crippen LogP contribution is 1.92. The molecule has 4 heteroatoms. The van der Waals surface area contributed by atoms with Crippen LogP contribution in [0.25, 0.3) is 0 Å². The summed E-state index contributed by atoms with van der Waals surface area (Å²) in [5, 5.41) is 0. The summed E-state index contributed by atoms with van der Waals surface area (Å²) in [4.78, 5) is 14.9. The topological polar surface area (TPSA) is 44.1 Å². The minimum atomic E-state index is -0.233. The first-order valence-corrected chi connectivity index (χ1v) is 3.83. The summed E-state index contributed by atoms with van der Waals surface area (Å²) < 4.78 is 6.61. The first-order valence-electron chi connectivity index (χ1n) is 3.83. The monoisotopic (exact) mass is 168 g/mol. The van der Waals surface area contributed by atoms with E-state index < -0.39 is 0 Å². The molecule has 1 aromatic rings. The van der Waals surface area contributed by atoms with Gasteiger partial charge in [-0.25, -0.2) is 4.98 Å². The third-order valence-electron chi connectivity index (χ3n) is 1.24. The molecule has 0 fully saturated rings. The summed E-state index contributed by atoms with van der Waals surface area (Å²) in [6, 6.07) is 0. The number of aromatic nitrogens is 2. The molecule has 66 valence electrons. The van der Waals surface area contributed by atoms with Gasteiger partial charge in [0.05, 0.1) is 12.4 Å². The standard InChI is InChI=1S/C8H12N2O2/c1-7(2)12-8(11)5-10-4-3-9-6-10/h3-4,6-7H,5H2,1-2H3. The van der Waals surface area contributed by atoms with E-state index in [0.29, 0.717) is 0 Å². The number of hydrogen-bond acceptors (Lipinski definition) is 3. The van der Waals surface area contributed by atoms with Gasteiger partial charge < -0.3 is 9.30 Å². The lowest BCUT2D eigenvalue weighted by molar-refractivity contribution is -0.148. The Hall–Kier alpha value is -1.32. The maximum atomic E-state index is 11.0. The molecule has 0 N–H and O–H groups in total. The zero-order valence-corrected chi connectivity index (χ0v) is 7.23. The van der Waals surface area contributed by atoms with E-state index in [4.69, 9.17) is 4.74 Å². The van der Waals surface area contributed by atoms with Crippen molar-refractivity contribution in [3.63, 3.8) is 0 Å². The molecule has 0 bridgehead atoms. The molecule has 1 heterocycles. The molecule has 1 rings (SSSR count). The minimum Gasteiger partial charge on any atom is -0.462 e. The Labute approximate surface area is 71.2 Å². The van der Waals surface area contributed by atoms with E-state index in [9.17, 15) is 4.79 Å². The van der Waals surface area contributed by atoms with Crippen LogP contribution >= 0.6 is 0 Å². The average Bonchev–Trinajstić information content (AvgIpc) is 2.37. The molecule has 0 spiro atoms. The Bertz CT molecular complexity index is 242. The van der Waals surface area contributed by atoms with Gasteiger partial charge in [-0.1, -0.05) is 0 Å². The molecule has 4 nitrogen and oxygen atoms in total. The second kappa shape index (κ2) is 3.90. The lowest BCUT2D eigenvalue weighted by Crippen LogP contribution is -2.16. The highest BCUT2D eigenvalue weighted by atomic mass is 16.5. The molecule has 1 aromatic heterocycles. The number of nitrogens with zero attached hydrogens (tertiary/aromatic N) is 2. The maximum absolute atomic E-state index is 11.0. The fraction of sp³-hybridized carbons (Fsp3) is 0.500. The van der Waals surface area contributed by atoms with Crippen LogP contribution in [0.4, 0.5) is 0 Å². The summed E-state index contributed by atoms with van der Waals surface area (Å²) in [6.45, 7) is 3.88. The smallest absolute Gasteiger partial charge is 0.326 e. The number of esters is 1. The number of carbonyl (C=O) groups is 1. The molecule has 0 aliphatic carbocycles. The molecule has 12 heavy (non-hydrogen) atoms. The van der Waals surface area contributed by atoms with Crippen LogP contribution in [0.5, 0.6) is 0 Å². The molecule has 0 saturated heterocycles. The zero-order chi connectivity index (χ0) is 8.97. The molecule has 0 amide bonds. The van der Waals surface area contributed by atoms with Crippen LogP contribution in [0.15, 0.2) is 18.7 Å². The summed E-state index contributed by atoms with van der Waals surface area (Å²) in [5.41, 5.74) is 0. The van der Waals surface area contributed by atoms with Crippen molar-refractivity contribution in [2.75, 3.05) is 0 Å². The van der Waals surface area contributed by atoms with Crippen molar-refractivity contribution in [1.82, 2.24) is 9.55 Å². The van der Waals surface area contributed by atoms with Crippen molar-refractivity contribution in [2.24, 2.45) is 0 Å². The van der Waals surface area contributed by atoms with Gasteiger partial charge in [0.15, 0.2) is 0 Å². The van der Waals surface area contributed by atoms with Gasteiger partial charge >= 0.3 is 5.97 Å². The van der Waals surface area contributed by atoms with E-state index in [0.717, 1.165) is 0 Å². The lowest BCUT2D eigenvalue weighted by atomic mass is 10.5. The quantitative estimate of drug-likeness (QED) is 0.628. The van der Waals surface area contributed by atoms with E-state index in [-0.39, 0.29) is 18.6 Å². The average molecular weight is 168 g/mol. The number of imidazole rings is 1. The van der Waals surface area contributed by atoms with Gasteiger partial charge in [0.1, 0.15) is 6.54 Å². The fourth-order valence-electron chi connectivity index (χ4n) is 0.829. The van der Waals surface area contributed by atoms with Crippen LogP contribution < -0.4 is 0 Å². The normalized spacial score (nSPS) is 10.2. The number of ether oxygens (including phenoxy) is 1. The van der Waals surface area contributed by atoms with Gasteiger partial charge in [-0.05, 0) is 13.8 Å². The van der Waals surface area contributed by atoms with Crippen molar-refractivity contribution in [3.05, 3.63) is 18.7 Å². The fourth-order valence-corrected chi connectivity index (χ4v) is 0.829. The Kier molecular flexibility index (Phi) is 2.85. The van der Waals surface area contributed by atoms with E-state index in [1.165, 1.54) is 0 Å². The van der Waals surface area contributed by atoms with Crippen molar-refractivity contribution in [3.8, 4) is 0 Å². The first kappa shape index (κ1) is 8.77. The molecule has 0 radical (unpaired) electrons. The first-order chi connectivity index (χ1) is 5.68. The molecule has 0 aliphatic heterocycles. The highest BCUT2D eigenvalue weighted by Gasteiger charge is 2.04. The van der Waals surface area contributed by atoms with Crippen LogP contribution in [-0.2, 0) is 16.1 Å². The van der Waals surface area contributed by atoms with Crippen LogP contribution in [0.1, 0.15) is 13.8 Å². The van der Waals surface area contributed by atoms with Gasteiger partial charge in [0, 0.05) is 12.4 Å². The number of rotatable bonds is 3. The molecule has 0 aliphatic rings. The Morgan fingerprint density at radius 1 is 1.67 bits per heavy atom.